The molecule has 0 amide bonds. The van der Waals surface area contributed by atoms with Crippen LogP contribution in [-0.2, 0) is 4.79 Å². The summed E-state index contributed by atoms with van der Waals surface area (Å²) in [6.45, 7) is 1.90. The van der Waals surface area contributed by atoms with E-state index in [1.54, 1.807) is 24.3 Å². The molecule has 3 nitrogen and oxygen atoms in total. The van der Waals surface area contributed by atoms with Gasteiger partial charge in [-0.3, -0.25) is 0 Å². The summed E-state index contributed by atoms with van der Waals surface area (Å²) in [5.41, 5.74) is 1.66. The first-order valence-corrected chi connectivity index (χ1v) is 6.86. The van der Waals surface area contributed by atoms with E-state index in [1.165, 1.54) is 6.08 Å². The molecule has 0 aliphatic rings. The van der Waals surface area contributed by atoms with Gasteiger partial charge in [-0.2, -0.15) is 0 Å². The predicted octanol–water partition coefficient (Wildman–Crippen LogP) is 5.19. The number of carboxylic acids is 1. The van der Waals surface area contributed by atoms with E-state index >= 15 is 0 Å². The topological polar surface area (TPSA) is 46.5 Å². The summed E-state index contributed by atoms with van der Waals surface area (Å²) in [6, 6.07) is 10.4. The van der Waals surface area contributed by atoms with Gasteiger partial charge in [-0.1, -0.05) is 35.3 Å². The fourth-order valence-corrected chi connectivity index (χ4v) is 1.95. The molecular formula is C16H12Cl2O3. The summed E-state index contributed by atoms with van der Waals surface area (Å²) >= 11 is 11.8. The smallest absolute Gasteiger partial charge is 0.328 e. The van der Waals surface area contributed by atoms with Crippen molar-refractivity contribution in [2.24, 2.45) is 0 Å². The van der Waals surface area contributed by atoms with Crippen LogP contribution in [0.2, 0.25) is 10.0 Å². The lowest BCUT2D eigenvalue weighted by molar-refractivity contribution is -0.131. The van der Waals surface area contributed by atoms with E-state index in [0.29, 0.717) is 21.5 Å². The molecule has 2 aromatic carbocycles. The molecule has 5 heteroatoms. The molecule has 2 aromatic rings. The Labute approximate surface area is 132 Å². The summed E-state index contributed by atoms with van der Waals surface area (Å²) < 4.78 is 5.77. The average Bonchev–Trinajstić information content (AvgIpc) is 2.43. The maximum absolute atomic E-state index is 10.5. The van der Waals surface area contributed by atoms with Crippen LogP contribution in [0.15, 0.2) is 42.5 Å². The number of rotatable bonds is 4. The highest BCUT2D eigenvalue weighted by molar-refractivity contribution is 6.42. The van der Waals surface area contributed by atoms with Gasteiger partial charge < -0.3 is 9.84 Å². The van der Waals surface area contributed by atoms with Crippen molar-refractivity contribution < 1.29 is 14.6 Å². The lowest BCUT2D eigenvalue weighted by Crippen LogP contribution is -1.90. The number of aryl methyl sites for hydroxylation is 1. The molecule has 0 fully saturated rings. The molecule has 0 aromatic heterocycles. The minimum absolute atomic E-state index is 0.411. The zero-order valence-corrected chi connectivity index (χ0v) is 12.7. The Morgan fingerprint density at radius 3 is 2.57 bits per heavy atom. The zero-order chi connectivity index (χ0) is 15.4. The molecule has 2 rings (SSSR count). The van der Waals surface area contributed by atoms with Gasteiger partial charge in [0.05, 0.1) is 10.0 Å². The summed E-state index contributed by atoms with van der Waals surface area (Å²) in [5, 5.41) is 9.51. The minimum atomic E-state index is -0.998. The van der Waals surface area contributed by atoms with Gasteiger partial charge in [0.15, 0.2) is 0 Å². The highest BCUT2D eigenvalue weighted by atomic mass is 35.5. The summed E-state index contributed by atoms with van der Waals surface area (Å²) in [4.78, 5) is 10.5. The molecular weight excluding hydrogens is 311 g/mol. The average molecular weight is 323 g/mol. The van der Waals surface area contributed by atoms with Crippen molar-refractivity contribution in [2.75, 3.05) is 0 Å². The second-order valence-corrected chi connectivity index (χ2v) is 5.19. The molecule has 0 spiro atoms. The molecule has 0 aliphatic carbocycles. The second kappa shape index (κ2) is 6.66. The summed E-state index contributed by atoms with van der Waals surface area (Å²) in [6.07, 6.45) is 2.58. The van der Waals surface area contributed by atoms with Crippen molar-refractivity contribution in [3.8, 4) is 11.5 Å². The summed E-state index contributed by atoms with van der Waals surface area (Å²) in [5.74, 6) is 0.190. The number of ether oxygens (including phenoxy) is 1. The molecule has 1 N–H and O–H groups in total. The lowest BCUT2D eigenvalue weighted by atomic mass is 10.1. The Balaban J connectivity index is 2.28. The number of hydrogen-bond donors (Lipinski definition) is 1. The van der Waals surface area contributed by atoms with Crippen LogP contribution in [0, 0.1) is 6.92 Å². The standard InChI is InChI=1S/C16H12Cl2O3/c1-10-2-3-11(4-7-16(19)20)8-15(10)21-12-5-6-13(17)14(18)9-12/h2-9H,1H3,(H,19,20)/b7-4+. The molecule has 0 saturated heterocycles. The van der Waals surface area contributed by atoms with E-state index in [1.807, 2.05) is 19.1 Å². The van der Waals surface area contributed by atoms with E-state index in [4.69, 9.17) is 33.0 Å². The Morgan fingerprint density at radius 2 is 1.90 bits per heavy atom. The Morgan fingerprint density at radius 1 is 1.14 bits per heavy atom. The largest absolute Gasteiger partial charge is 0.478 e. The van der Waals surface area contributed by atoms with Crippen LogP contribution in [0.3, 0.4) is 0 Å². The van der Waals surface area contributed by atoms with E-state index in [2.05, 4.69) is 0 Å². The quantitative estimate of drug-likeness (QED) is 0.787. The van der Waals surface area contributed by atoms with Crippen LogP contribution in [0.5, 0.6) is 11.5 Å². The summed E-state index contributed by atoms with van der Waals surface area (Å²) in [7, 11) is 0. The minimum Gasteiger partial charge on any atom is -0.478 e. The van der Waals surface area contributed by atoms with E-state index in [-0.39, 0.29) is 0 Å². The fraction of sp³-hybridized carbons (Fsp3) is 0.0625. The van der Waals surface area contributed by atoms with Gasteiger partial charge in [0.1, 0.15) is 11.5 Å². The molecule has 0 unspecified atom stereocenters. The maximum Gasteiger partial charge on any atom is 0.328 e. The van der Waals surface area contributed by atoms with E-state index in [0.717, 1.165) is 17.2 Å². The Kier molecular flexibility index (Phi) is 4.89. The highest BCUT2D eigenvalue weighted by Gasteiger charge is 2.05. The predicted molar refractivity (Wildman–Crippen MR) is 84.4 cm³/mol. The van der Waals surface area contributed by atoms with Gasteiger partial charge in [0.25, 0.3) is 0 Å². The number of hydrogen-bond acceptors (Lipinski definition) is 2. The lowest BCUT2D eigenvalue weighted by Gasteiger charge is -2.10. The van der Waals surface area contributed by atoms with Crippen LogP contribution in [-0.4, -0.2) is 11.1 Å². The molecule has 0 heterocycles. The molecule has 108 valence electrons. The third-order valence-electron chi connectivity index (χ3n) is 2.75. The number of carbonyl (C=O) groups is 1. The Bertz CT molecular complexity index is 709. The van der Waals surface area contributed by atoms with Crippen LogP contribution in [0.4, 0.5) is 0 Å². The first-order chi connectivity index (χ1) is 9.95. The van der Waals surface area contributed by atoms with Gasteiger partial charge in [0.2, 0.25) is 0 Å². The van der Waals surface area contributed by atoms with Crippen LogP contribution in [0.1, 0.15) is 11.1 Å². The Hall–Kier alpha value is -1.97. The molecule has 0 radical (unpaired) electrons. The zero-order valence-electron chi connectivity index (χ0n) is 11.1. The molecule has 0 saturated carbocycles. The van der Waals surface area contributed by atoms with Crippen LogP contribution in [0.25, 0.3) is 6.08 Å². The molecule has 21 heavy (non-hydrogen) atoms. The number of benzene rings is 2. The van der Waals surface area contributed by atoms with Crippen molar-refractivity contribution in [1.82, 2.24) is 0 Å². The van der Waals surface area contributed by atoms with Crippen molar-refractivity contribution >= 4 is 35.2 Å². The normalized spacial score (nSPS) is 10.8. The van der Waals surface area contributed by atoms with E-state index < -0.39 is 5.97 Å². The monoisotopic (exact) mass is 322 g/mol. The van der Waals surface area contributed by atoms with Gasteiger partial charge in [-0.05, 0) is 42.3 Å². The number of halogens is 2. The van der Waals surface area contributed by atoms with Crippen LogP contribution < -0.4 is 4.74 Å². The fourth-order valence-electron chi connectivity index (χ4n) is 1.67. The van der Waals surface area contributed by atoms with Crippen molar-refractivity contribution in [1.29, 1.82) is 0 Å². The molecule has 0 atom stereocenters. The molecule has 0 bridgehead atoms. The van der Waals surface area contributed by atoms with Crippen molar-refractivity contribution in [3.63, 3.8) is 0 Å². The van der Waals surface area contributed by atoms with E-state index in [9.17, 15) is 4.79 Å². The SMILES string of the molecule is Cc1ccc(/C=C/C(=O)O)cc1Oc1ccc(Cl)c(Cl)c1. The maximum atomic E-state index is 10.5. The third kappa shape index (κ3) is 4.25. The number of carboxylic acid groups (broad SMARTS) is 1. The highest BCUT2D eigenvalue weighted by Crippen LogP contribution is 2.31. The van der Waals surface area contributed by atoms with Crippen LogP contribution >= 0.6 is 23.2 Å². The third-order valence-corrected chi connectivity index (χ3v) is 3.49. The number of aliphatic carboxylic acids is 1. The van der Waals surface area contributed by atoms with Gasteiger partial charge >= 0.3 is 5.97 Å². The first-order valence-electron chi connectivity index (χ1n) is 6.10. The van der Waals surface area contributed by atoms with Gasteiger partial charge in [0, 0.05) is 12.1 Å². The second-order valence-electron chi connectivity index (χ2n) is 4.37. The molecule has 0 aliphatic heterocycles. The first kappa shape index (κ1) is 15.4. The van der Waals surface area contributed by atoms with Gasteiger partial charge in [-0.25, -0.2) is 4.79 Å². The van der Waals surface area contributed by atoms with Crippen molar-refractivity contribution in [2.45, 2.75) is 6.92 Å². The van der Waals surface area contributed by atoms with Crippen molar-refractivity contribution in [3.05, 3.63) is 63.6 Å². The van der Waals surface area contributed by atoms with Gasteiger partial charge in [-0.15, -0.1) is 0 Å².